The number of benzene rings is 1. The Balaban J connectivity index is 1.96. The van der Waals surface area contributed by atoms with Crippen LogP contribution in [0.3, 0.4) is 0 Å². The lowest BCUT2D eigenvalue weighted by Crippen LogP contribution is -2.32. The number of nitrogens with two attached hydrogens (primary N) is 1. The summed E-state index contributed by atoms with van der Waals surface area (Å²) in [4.78, 5) is 0.121. The number of hydrogen-bond acceptors (Lipinski definition) is 5. The van der Waals surface area contributed by atoms with Crippen molar-refractivity contribution in [3.63, 3.8) is 0 Å². The van der Waals surface area contributed by atoms with Crippen LogP contribution in [0.5, 0.6) is 0 Å². The molecule has 1 aromatic carbocycles. The van der Waals surface area contributed by atoms with Crippen molar-refractivity contribution in [3.05, 3.63) is 29.8 Å². The van der Waals surface area contributed by atoms with E-state index in [1.165, 1.54) is 6.07 Å². The van der Waals surface area contributed by atoms with E-state index in [1.807, 2.05) is 26.8 Å². The molecule has 0 aliphatic carbocycles. The first-order chi connectivity index (χ1) is 9.67. The maximum Gasteiger partial charge on any atom is 0.238 e. The molecule has 2 atom stereocenters. The second kappa shape index (κ2) is 6.02. The van der Waals surface area contributed by atoms with Gasteiger partial charge in [0, 0.05) is 12.6 Å². The zero-order valence-electron chi connectivity index (χ0n) is 12.5. The molecular formula is C14H22N2O4S. The number of rotatable bonds is 5. The van der Waals surface area contributed by atoms with Crippen LogP contribution < -0.4 is 10.5 Å². The van der Waals surface area contributed by atoms with Crippen LogP contribution in [-0.4, -0.2) is 33.5 Å². The summed E-state index contributed by atoms with van der Waals surface area (Å²) in [6.45, 7) is 6.90. The maximum absolute atomic E-state index is 11.4. The van der Waals surface area contributed by atoms with E-state index in [9.17, 15) is 8.42 Å². The molecule has 0 aromatic heterocycles. The van der Waals surface area contributed by atoms with Crippen LogP contribution in [-0.2, 0) is 19.5 Å². The van der Waals surface area contributed by atoms with Gasteiger partial charge in [-0.15, -0.1) is 0 Å². The van der Waals surface area contributed by atoms with E-state index in [-0.39, 0.29) is 17.0 Å². The Morgan fingerprint density at radius 2 is 2.19 bits per heavy atom. The smallest absolute Gasteiger partial charge is 0.238 e. The highest BCUT2D eigenvalue weighted by molar-refractivity contribution is 7.89. The van der Waals surface area contributed by atoms with Crippen LogP contribution in [0.1, 0.15) is 32.4 Å². The molecule has 1 saturated heterocycles. The highest BCUT2D eigenvalue weighted by atomic mass is 32.2. The zero-order valence-corrected chi connectivity index (χ0v) is 13.3. The average Bonchev–Trinajstić information content (AvgIpc) is 2.75. The SMILES string of the molecule is CC(NCC1COC(C)(C)O1)c1cccc(S(N)(=O)=O)c1. The van der Waals surface area contributed by atoms with Gasteiger partial charge >= 0.3 is 0 Å². The minimum Gasteiger partial charge on any atom is -0.348 e. The minimum atomic E-state index is -3.68. The van der Waals surface area contributed by atoms with Crippen LogP contribution in [0.4, 0.5) is 0 Å². The summed E-state index contributed by atoms with van der Waals surface area (Å²) in [6.07, 6.45) is -0.0103. The van der Waals surface area contributed by atoms with Gasteiger partial charge in [-0.25, -0.2) is 13.6 Å². The molecule has 0 radical (unpaired) electrons. The predicted molar refractivity (Wildman–Crippen MR) is 79.1 cm³/mol. The van der Waals surface area contributed by atoms with Gasteiger partial charge in [0.1, 0.15) is 0 Å². The molecule has 2 unspecified atom stereocenters. The van der Waals surface area contributed by atoms with E-state index < -0.39 is 15.8 Å². The molecule has 3 N–H and O–H groups in total. The fourth-order valence-corrected chi connectivity index (χ4v) is 2.82. The summed E-state index contributed by atoms with van der Waals surface area (Å²) in [5, 5.41) is 8.46. The van der Waals surface area contributed by atoms with Crippen molar-refractivity contribution in [2.75, 3.05) is 13.2 Å². The van der Waals surface area contributed by atoms with Gasteiger partial charge in [0.2, 0.25) is 10.0 Å². The van der Waals surface area contributed by atoms with E-state index in [0.717, 1.165) is 5.56 Å². The van der Waals surface area contributed by atoms with Gasteiger partial charge in [-0.3, -0.25) is 0 Å². The van der Waals surface area contributed by atoms with E-state index in [1.54, 1.807) is 12.1 Å². The molecule has 6 nitrogen and oxygen atoms in total. The van der Waals surface area contributed by atoms with Crippen LogP contribution >= 0.6 is 0 Å². The van der Waals surface area contributed by atoms with Crippen LogP contribution in [0.25, 0.3) is 0 Å². The summed E-state index contributed by atoms with van der Waals surface area (Å²) in [5.74, 6) is -0.539. The van der Waals surface area contributed by atoms with Crippen molar-refractivity contribution in [2.24, 2.45) is 5.14 Å². The molecule has 21 heavy (non-hydrogen) atoms. The number of nitrogens with one attached hydrogen (secondary N) is 1. The molecule has 1 aromatic rings. The van der Waals surface area contributed by atoms with Gasteiger partial charge in [0.15, 0.2) is 5.79 Å². The minimum absolute atomic E-state index is 0.0103. The Bertz CT molecular complexity index is 601. The van der Waals surface area contributed by atoms with Gasteiger partial charge in [0.25, 0.3) is 0 Å². The Kier molecular flexibility index (Phi) is 4.69. The second-order valence-electron chi connectivity index (χ2n) is 5.70. The Hall–Kier alpha value is -0.990. The van der Waals surface area contributed by atoms with Gasteiger partial charge in [-0.05, 0) is 38.5 Å². The molecule has 0 amide bonds. The van der Waals surface area contributed by atoms with E-state index >= 15 is 0 Å². The molecule has 1 aliphatic rings. The first-order valence-corrected chi connectivity index (χ1v) is 8.40. The van der Waals surface area contributed by atoms with Crippen molar-refractivity contribution in [1.29, 1.82) is 0 Å². The van der Waals surface area contributed by atoms with E-state index in [2.05, 4.69) is 5.32 Å². The van der Waals surface area contributed by atoms with Crippen molar-refractivity contribution in [2.45, 2.75) is 43.6 Å². The van der Waals surface area contributed by atoms with Crippen molar-refractivity contribution < 1.29 is 17.9 Å². The van der Waals surface area contributed by atoms with E-state index in [0.29, 0.717) is 13.2 Å². The molecule has 7 heteroatoms. The number of primary sulfonamides is 1. The number of sulfonamides is 1. The molecular weight excluding hydrogens is 292 g/mol. The molecule has 0 spiro atoms. The lowest BCUT2D eigenvalue weighted by atomic mass is 10.1. The topological polar surface area (TPSA) is 90.7 Å². The molecule has 0 saturated carbocycles. The highest BCUT2D eigenvalue weighted by Gasteiger charge is 2.32. The zero-order chi connectivity index (χ0) is 15.7. The molecule has 2 rings (SSSR count). The fraction of sp³-hybridized carbons (Fsp3) is 0.571. The fourth-order valence-electron chi connectivity index (χ4n) is 2.25. The van der Waals surface area contributed by atoms with Gasteiger partial charge in [-0.2, -0.15) is 0 Å². The normalized spacial score (nSPS) is 23.1. The molecule has 1 heterocycles. The lowest BCUT2D eigenvalue weighted by molar-refractivity contribution is -0.137. The quantitative estimate of drug-likeness (QED) is 0.850. The van der Waals surface area contributed by atoms with Gasteiger partial charge in [0.05, 0.1) is 17.6 Å². The molecule has 1 aliphatic heterocycles. The highest BCUT2D eigenvalue weighted by Crippen LogP contribution is 2.23. The first-order valence-electron chi connectivity index (χ1n) is 6.85. The average molecular weight is 314 g/mol. The van der Waals surface area contributed by atoms with Crippen LogP contribution in [0.2, 0.25) is 0 Å². The summed E-state index contributed by atoms with van der Waals surface area (Å²) >= 11 is 0. The predicted octanol–water partition coefficient (Wildman–Crippen LogP) is 1.14. The monoisotopic (exact) mass is 314 g/mol. The lowest BCUT2D eigenvalue weighted by Gasteiger charge is -2.19. The number of ether oxygens (including phenoxy) is 2. The van der Waals surface area contributed by atoms with Crippen molar-refractivity contribution in [3.8, 4) is 0 Å². The standard InChI is InChI=1S/C14H22N2O4S/c1-10(16-8-12-9-19-14(2,3)20-12)11-5-4-6-13(7-11)21(15,17)18/h4-7,10,12,16H,8-9H2,1-3H3,(H2,15,17,18). The third-order valence-corrected chi connectivity index (χ3v) is 4.32. The summed E-state index contributed by atoms with van der Waals surface area (Å²) in [6, 6.07) is 6.61. The second-order valence-corrected chi connectivity index (χ2v) is 7.26. The van der Waals surface area contributed by atoms with Crippen molar-refractivity contribution in [1.82, 2.24) is 5.32 Å². The summed E-state index contributed by atoms with van der Waals surface area (Å²) in [5.41, 5.74) is 0.861. The largest absolute Gasteiger partial charge is 0.348 e. The van der Waals surface area contributed by atoms with Crippen LogP contribution in [0, 0.1) is 0 Å². The molecule has 1 fully saturated rings. The Labute approximate surface area is 125 Å². The number of hydrogen-bond donors (Lipinski definition) is 2. The Morgan fingerprint density at radius 1 is 1.48 bits per heavy atom. The molecule has 118 valence electrons. The van der Waals surface area contributed by atoms with Gasteiger partial charge in [-0.1, -0.05) is 12.1 Å². The van der Waals surface area contributed by atoms with Crippen molar-refractivity contribution >= 4 is 10.0 Å². The third kappa shape index (κ3) is 4.49. The van der Waals surface area contributed by atoms with Crippen LogP contribution in [0.15, 0.2) is 29.2 Å². The van der Waals surface area contributed by atoms with Gasteiger partial charge < -0.3 is 14.8 Å². The third-order valence-electron chi connectivity index (χ3n) is 3.41. The van der Waals surface area contributed by atoms with E-state index in [4.69, 9.17) is 14.6 Å². The first kappa shape index (κ1) is 16.4. The summed E-state index contributed by atoms with van der Waals surface area (Å²) < 4.78 is 33.9. The molecule has 0 bridgehead atoms. The summed E-state index contributed by atoms with van der Waals surface area (Å²) in [7, 11) is -3.68. The maximum atomic E-state index is 11.4. The Morgan fingerprint density at radius 3 is 2.76 bits per heavy atom.